The van der Waals surface area contributed by atoms with E-state index in [9.17, 15) is 4.79 Å². The Hall–Kier alpha value is -1.02. The molecule has 1 aromatic carbocycles. The van der Waals surface area contributed by atoms with Crippen LogP contribution >= 0.6 is 11.6 Å². The number of aryl methyl sites for hydroxylation is 1. The quantitative estimate of drug-likeness (QED) is 0.643. The molecule has 0 saturated heterocycles. The van der Waals surface area contributed by atoms with E-state index in [-0.39, 0.29) is 11.8 Å². The lowest BCUT2D eigenvalue weighted by atomic mass is 9.99. The zero-order chi connectivity index (χ0) is 13.5. The van der Waals surface area contributed by atoms with E-state index in [4.69, 9.17) is 11.6 Å². The Morgan fingerprint density at radius 2 is 1.74 bits per heavy atom. The maximum absolute atomic E-state index is 12.2. The lowest BCUT2D eigenvalue weighted by molar-refractivity contribution is -0.120. The first-order valence-electron chi connectivity index (χ1n) is 7.25. The highest BCUT2D eigenvalue weighted by molar-refractivity contribution is 6.17. The maximum atomic E-state index is 12.2. The summed E-state index contributed by atoms with van der Waals surface area (Å²) in [5.74, 6) is 1.02. The third-order valence-electron chi connectivity index (χ3n) is 3.83. The lowest BCUT2D eigenvalue weighted by Gasteiger charge is -2.14. The zero-order valence-electron chi connectivity index (χ0n) is 11.3. The fourth-order valence-electron chi connectivity index (χ4n) is 2.65. The topological polar surface area (TPSA) is 29.1 Å². The molecule has 1 aliphatic carbocycles. The number of alkyl halides is 1. The molecule has 0 aromatic heterocycles. The van der Waals surface area contributed by atoms with Crippen LogP contribution < -0.4 is 5.32 Å². The summed E-state index contributed by atoms with van der Waals surface area (Å²) in [6.45, 7) is 0. The van der Waals surface area contributed by atoms with Gasteiger partial charge in [0.2, 0.25) is 5.91 Å². The van der Waals surface area contributed by atoms with Crippen LogP contribution in [0, 0.1) is 5.92 Å². The van der Waals surface area contributed by atoms with Gasteiger partial charge in [-0.25, -0.2) is 0 Å². The molecule has 0 atom stereocenters. The first-order valence-corrected chi connectivity index (χ1v) is 7.79. The number of carbonyl (C=O) groups is 1. The third-order valence-corrected chi connectivity index (χ3v) is 4.02. The SMILES string of the molecule is O=C(Nc1ccc(CCCl)cc1)C1CCCCCC1. The number of hydrogen-bond acceptors (Lipinski definition) is 1. The maximum Gasteiger partial charge on any atom is 0.227 e. The van der Waals surface area contributed by atoms with Gasteiger partial charge >= 0.3 is 0 Å². The van der Waals surface area contributed by atoms with E-state index >= 15 is 0 Å². The molecule has 2 rings (SSSR count). The molecule has 0 spiro atoms. The van der Waals surface area contributed by atoms with Crippen molar-refractivity contribution in [1.29, 1.82) is 0 Å². The Balaban J connectivity index is 1.90. The molecule has 1 fully saturated rings. The molecule has 0 bridgehead atoms. The van der Waals surface area contributed by atoms with Gasteiger partial charge in [-0.3, -0.25) is 4.79 Å². The van der Waals surface area contributed by atoms with Crippen molar-refractivity contribution >= 4 is 23.2 Å². The zero-order valence-corrected chi connectivity index (χ0v) is 12.1. The van der Waals surface area contributed by atoms with Gasteiger partial charge in [-0.05, 0) is 37.0 Å². The highest BCUT2D eigenvalue weighted by Crippen LogP contribution is 2.24. The van der Waals surface area contributed by atoms with E-state index in [0.717, 1.165) is 24.9 Å². The number of amides is 1. The van der Waals surface area contributed by atoms with Crippen LogP contribution in [0.25, 0.3) is 0 Å². The van der Waals surface area contributed by atoms with Crippen molar-refractivity contribution in [3.8, 4) is 0 Å². The van der Waals surface area contributed by atoms with Crippen LogP contribution in [-0.2, 0) is 11.2 Å². The molecule has 2 nitrogen and oxygen atoms in total. The molecule has 1 N–H and O–H groups in total. The van der Waals surface area contributed by atoms with Crippen LogP contribution in [0.15, 0.2) is 24.3 Å². The Morgan fingerprint density at radius 1 is 1.11 bits per heavy atom. The predicted octanol–water partition coefficient (Wildman–Crippen LogP) is 4.38. The van der Waals surface area contributed by atoms with E-state index in [1.807, 2.05) is 24.3 Å². The number of halogens is 1. The molecule has 0 unspecified atom stereocenters. The minimum absolute atomic E-state index is 0.187. The minimum Gasteiger partial charge on any atom is -0.326 e. The summed E-state index contributed by atoms with van der Waals surface area (Å²) in [7, 11) is 0. The Kier molecular flexibility index (Phi) is 5.71. The normalized spacial score (nSPS) is 16.9. The van der Waals surface area contributed by atoms with Crippen LogP contribution in [0.2, 0.25) is 0 Å². The van der Waals surface area contributed by atoms with Crippen molar-refractivity contribution in [3.63, 3.8) is 0 Å². The fraction of sp³-hybridized carbons (Fsp3) is 0.562. The van der Waals surface area contributed by atoms with Crippen LogP contribution in [-0.4, -0.2) is 11.8 Å². The molecule has 1 aromatic rings. The molecule has 1 aliphatic rings. The van der Waals surface area contributed by atoms with Crippen molar-refractivity contribution in [2.75, 3.05) is 11.2 Å². The highest BCUT2D eigenvalue weighted by atomic mass is 35.5. The molecular formula is C16H22ClNO. The van der Waals surface area contributed by atoms with Crippen molar-refractivity contribution in [2.45, 2.75) is 44.9 Å². The Morgan fingerprint density at radius 3 is 2.32 bits per heavy atom. The second-order valence-electron chi connectivity index (χ2n) is 5.31. The monoisotopic (exact) mass is 279 g/mol. The average molecular weight is 280 g/mol. The van der Waals surface area contributed by atoms with Gasteiger partial charge in [-0.2, -0.15) is 0 Å². The Bertz CT molecular complexity index is 394. The molecular weight excluding hydrogens is 258 g/mol. The van der Waals surface area contributed by atoms with Gasteiger partial charge < -0.3 is 5.32 Å². The smallest absolute Gasteiger partial charge is 0.227 e. The second kappa shape index (κ2) is 7.54. The molecule has 3 heteroatoms. The summed E-state index contributed by atoms with van der Waals surface area (Å²) in [6, 6.07) is 8.00. The van der Waals surface area contributed by atoms with Gasteiger partial charge in [0, 0.05) is 17.5 Å². The second-order valence-corrected chi connectivity index (χ2v) is 5.69. The van der Waals surface area contributed by atoms with Crippen LogP contribution in [0.1, 0.15) is 44.1 Å². The van der Waals surface area contributed by atoms with Crippen molar-refractivity contribution in [2.24, 2.45) is 5.92 Å². The highest BCUT2D eigenvalue weighted by Gasteiger charge is 2.19. The molecule has 0 aliphatic heterocycles. The predicted molar refractivity (Wildman–Crippen MR) is 80.7 cm³/mol. The van der Waals surface area contributed by atoms with E-state index in [0.29, 0.717) is 5.88 Å². The molecule has 1 amide bonds. The van der Waals surface area contributed by atoms with Crippen molar-refractivity contribution < 1.29 is 4.79 Å². The average Bonchev–Trinajstić information content (AvgIpc) is 2.70. The van der Waals surface area contributed by atoms with Crippen LogP contribution in [0.5, 0.6) is 0 Å². The summed E-state index contributed by atoms with van der Waals surface area (Å²) in [5, 5.41) is 3.04. The number of rotatable bonds is 4. The minimum atomic E-state index is 0.187. The van der Waals surface area contributed by atoms with Gasteiger partial charge in [0.25, 0.3) is 0 Å². The molecule has 104 valence electrons. The molecule has 0 heterocycles. The van der Waals surface area contributed by atoms with E-state index in [2.05, 4.69) is 5.32 Å². The fourth-order valence-corrected chi connectivity index (χ4v) is 2.87. The van der Waals surface area contributed by atoms with E-state index in [1.54, 1.807) is 0 Å². The number of hydrogen-bond donors (Lipinski definition) is 1. The molecule has 1 saturated carbocycles. The number of nitrogens with one attached hydrogen (secondary N) is 1. The molecule has 19 heavy (non-hydrogen) atoms. The van der Waals surface area contributed by atoms with Crippen LogP contribution in [0.4, 0.5) is 5.69 Å². The summed E-state index contributed by atoms with van der Waals surface area (Å²) >= 11 is 5.71. The Labute approximate surface area is 120 Å². The number of benzene rings is 1. The first-order chi connectivity index (χ1) is 9.29. The summed E-state index contributed by atoms with van der Waals surface area (Å²) < 4.78 is 0. The first kappa shape index (κ1) is 14.4. The lowest BCUT2D eigenvalue weighted by Crippen LogP contribution is -2.22. The largest absolute Gasteiger partial charge is 0.326 e. The van der Waals surface area contributed by atoms with Gasteiger partial charge in [-0.15, -0.1) is 11.6 Å². The van der Waals surface area contributed by atoms with Crippen LogP contribution in [0.3, 0.4) is 0 Å². The van der Waals surface area contributed by atoms with Gasteiger partial charge in [0.15, 0.2) is 0 Å². The summed E-state index contributed by atoms with van der Waals surface area (Å²) in [6.07, 6.45) is 7.87. The number of anilines is 1. The van der Waals surface area contributed by atoms with Gasteiger partial charge in [0.1, 0.15) is 0 Å². The summed E-state index contributed by atoms with van der Waals surface area (Å²) in [5.41, 5.74) is 2.11. The summed E-state index contributed by atoms with van der Waals surface area (Å²) in [4.78, 5) is 12.2. The molecule has 0 radical (unpaired) electrons. The van der Waals surface area contributed by atoms with Crippen molar-refractivity contribution in [3.05, 3.63) is 29.8 Å². The van der Waals surface area contributed by atoms with Gasteiger partial charge in [-0.1, -0.05) is 37.8 Å². The third kappa shape index (κ3) is 4.54. The van der Waals surface area contributed by atoms with E-state index in [1.165, 1.54) is 31.2 Å². The number of carbonyl (C=O) groups excluding carboxylic acids is 1. The standard InChI is InChI=1S/C16H22ClNO/c17-12-11-13-7-9-15(10-8-13)18-16(19)14-5-3-1-2-4-6-14/h7-10,14H,1-6,11-12H2,(H,18,19). The van der Waals surface area contributed by atoms with E-state index < -0.39 is 0 Å². The van der Waals surface area contributed by atoms with Gasteiger partial charge in [0.05, 0.1) is 0 Å². The van der Waals surface area contributed by atoms with Crippen molar-refractivity contribution in [1.82, 2.24) is 0 Å².